The lowest BCUT2D eigenvalue weighted by Gasteiger charge is -2.48. The number of benzene rings is 1. The minimum atomic E-state index is -0.732. The SMILES string of the molecule is COc1ccc(C)cc1C=CC(=O)N1CC(O)(C(C)C)C1. The second kappa shape index (κ2) is 5.90. The van der Waals surface area contributed by atoms with Gasteiger partial charge in [-0.2, -0.15) is 0 Å². The lowest BCUT2D eigenvalue weighted by molar-refractivity contribution is -0.158. The number of carbonyl (C=O) groups is 1. The van der Waals surface area contributed by atoms with E-state index in [2.05, 4.69) is 0 Å². The van der Waals surface area contributed by atoms with Gasteiger partial charge in [0.25, 0.3) is 0 Å². The third-order valence-electron chi connectivity index (χ3n) is 4.11. The van der Waals surface area contributed by atoms with Crippen molar-refractivity contribution in [1.29, 1.82) is 0 Å². The van der Waals surface area contributed by atoms with Crippen molar-refractivity contribution < 1.29 is 14.6 Å². The van der Waals surface area contributed by atoms with Crippen LogP contribution in [0.5, 0.6) is 5.75 Å². The number of rotatable bonds is 4. The zero-order valence-corrected chi connectivity index (χ0v) is 13.1. The molecule has 0 unspecified atom stereocenters. The first kappa shape index (κ1) is 15.6. The van der Waals surface area contributed by atoms with Crippen LogP contribution in [0.3, 0.4) is 0 Å². The number of ether oxygens (including phenoxy) is 1. The van der Waals surface area contributed by atoms with E-state index < -0.39 is 5.60 Å². The van der Waals surface area contributed by atoms with Crippen molar-refractivity contribution in [3.63, 3.8) is 0 Å². The Labute approximate surface area is 126 Å². The van der Waals surface area contributed by atoms with E-state index in [1.54, 1.807) is 18.1 Å². The fourth-order valence-corrected chi connectivity index (χ4v) is 2.39. The fraction of sp³-hybridized carbons (Fsp3) is 0.471. The predicted molar refractivity (Wildman–Crippen MR) is 83.1 cm³/mol. The molecule has 0 atom stereocenters. The molecule has 114 valence electrons. The molecule has 1 amide bonds. The highest BCUT2D eigenvalue weighted by Crippen LogP contribution is 2.29. The molecule has 1 fully saturated rings. The summed E-state index contributed by atoms with van der Waals surface area (Å²) in [7, 11) is 1.61. The third kappa shape index (κ3) is 3.27. The Morgan fingerprint density at radius 3 is 2.67 bits per heavy atom. The van der Waals surface area contributed by atoms with Crippen molar-refractivity contribution in [3.8, 4) is 5.75 Å². The van der Waals surface area contributed by atoms with E-state index in [0.29, 0.717) is 13.1 Å². The van der Waals surface area contributed by atoms with E-state index >= 15 is 0 Å². The fourth-order valence-electron chi connectivity index (χ4n) is 2.39. The number of β-amino-alcohol motifs (C(OH)–C–C–N with tert-alkyl or cyclic N) is 1. The van der Waals surface area contributed by atoms with Gasteiger partial charge in [-0.3, -0.25) is 4.79 Å². The molecular formula is C17H23NO3. The number of carbonyl (C=O) groups excluding carboxylic acids is 1. The lowest BCUT2D eigenvalue weighted by Crippen LogP contribution is -2.65. The molecular weight excluding hydrogens is 266 g/mol. The molecule has 1 aliphatic rings. The van der Waals surface area contributed by atoms with Crippen LogP contribution in [0.4, 0.5) is 0 Å². The van der Waals surface area contributed by atoms with E-state index in [-0.39, 0.29) is 11.8 Å². The van der Waals surface area contributed by atoms with Crippen LogP contribution < -0.4 is 4.74 Å². The summed E-state index contributed by atoms with van der Waals surface area (Å²) in [6, 6.07) is 5.83. The number of amides is 1. The smallest absolute Gasteiger partial charge is 0.246 e. The minimum Gasteiger partial charge on any atom is -0.496 e. The molecule has 1 heterocycles. The number of hydrogen-bond donors (Lipinski definition) is 1. The Kier molecular flexibility index (Phi) is 4.37. The van der Waals surface area contributed by atoms with Gasteiger partial charge in [0.2, 0.25) is 5.91 Å². The molecule has 1 saturated heterocycles. The molecule has 0 radical (unpaired) electrons. The monoisotopic (exact) mass is 289 g/mol. The van der Waals surface area contributed by atoms with Crippen LogP contribution in [-0.4, -0.2) is 41.7 Å². The van der Waals surface area contributed by atoms with Crippen LogP contribution in [0.15, 0.2) is 24.3 Å². The summed E-state index contributed by atoms with van der Waals surface area (Å²) < 4.78 is 5.28. The van der Waals surface area contributed by atoms with Gasteiger partial charge >= 0.3 is 0 Å². The Hall–Kier alpha value is -1.81. The van der Waals surface area contributed by atoms with Gasteiger partial charge in [0.15, 0.2) is 0 Å². The van der Waals surface area contributed by atoms with Crippen molar-refractivity contribution in [2.45, 2.75) is 26.4 Å². The van der Waals surface area contributed by atoms with Gasteiger partial charge in [0, 0.05) is 11.6 Å². The van der Waals surface area contributed by atoms with Gasteiger partial charge in [-0.15, -0.1) is 0 Å². The number of methoxy groups -OCH3 is 1. The third-order valence-corrected chi connectivity index (χ3v) is 4.11. The average Bonchev–Trinajstić information content (AvgIpc) is 2.41. The largest absolute Gasteiger partial charge is 0.496 e. The summed E-state index contributed by atoms with van der Waals surface area (Å²) in [6.45, 7) is 6.74. The Balaban J connectivity index is 2.03. The molecule has 0 aromatic heterocycles. The van der Waals surface area contributed by atoms with E-state index in [1.165, 1.54) is 6.08 Å². The topological polar surface area (TPSA) is 49.8 Å². The second-order valence-corrected chi connectivity index (χ2v) is 6.03. The first-order valence-corrected chi connectivity index (χ1v) is 7.20. The molecule has 0 spiro atoms. The molecule has 0 bridgehead atoms. The zero-order chi connectivity index (χ0) is 15.6. The van der Waals surface area contributed by atoms with Gasteiger partial charge in [0.05, 0.1) is 20.2 Å². The van der Waals surface area contributed by atoms with E-state index in [4.69, 9.17) is 4.74 Å². The van der Waals surface area contributed by atoms with E-state index in [1.807, 2.05) is 39.0 Å². The highest BCUT2D eigenvalue weighted by molar-refractivity contribution is 5.93. The van der Waals surface area contributed by atoms with Crippen molar-refractivity contribution in [2.75, 3.05) is 20.2 Å². The van der Waals surface area contributed by atoms with Gasteiger partial charge in [-0.05, 0) is 31.1 Å². The van der Waals surface area contributed by atoms with Crippen LogP contribution in [-0.2, 0) is 4.79 Å². The maximum absolute atomic E-state index is 12.1. The summed E-state index contributed by atoms with van der Waals surface area (Å²) in [6.07, 6.45) is 3.30. The number of aliphatic hydroxyl groups is 1. The molecule has 4 heteroatoms. The molecule has 4 nitrogen and oxygen atoms in total. The summed E-state index contributed by atoms with van der Waals surface area (Å²) in [5.74, 6) is 0.818. The number of nitrogens with zero attached hydrogens (tertiary/aromatic N) is 1. The summed E-state index contributed by atoms with van der Waals surface area (Å²) in [5.41, 5.74) is 1.26. The highest BCUT2D eigenvalue weighted by atomic mass is 16.5. The van der Waals surface area contributed by atoms with Crippen molar-refractivity contribution in [2.24, 2.45) is 5.92 Å². The van der Waals surface area contributed by atoms with Crippen LogP contribution in [0.25, 0.3) is 6.08 Å². The average molecular weight is 289 g/mol. The predicted octanol–water partition coefficient (Wildman–Crippen LogP) is 2.25. The van der Waals surface area contributed by atoms with Crippen molar-refractivity contribution >= 4 is 12.0 Å². The molecule has 0 aliphatic carbocycles. The Bertz CT molecular complexity index is 557. The van der Waals surface area contributed by atoms with Crippen LogP contribution in [0, 0.1) is 12.8 Å². The maximum atomic E-state index is 12.1. The second-order valence-electron chi connectivity index (χ2n) is 6.03. The number of likely N-dealkylation sites (tertiary alicyclic amines) is 1. The normalized spacial score (nSPS) is 17.1. The van der Waals surface area contributed by atoms with Gasteiger partial charge in [-0.25, -0.2) is 0 Å². The summed E-state index contributed by atoms with van der Waals surface area (Å²) in [5, 5.41) is 10.2. The molecule has 21 heavy (non-hydrogen) atoms. The standard InChI is InChI=1S/C17H23NO3/c1-12(2)17(20)10-18(11-17)16(19)8-6-14-9-13(3)5-7-15(14)21-4/h5-9,12,20H,10-11H2,1-4H3. The van der Waals surface area contributed by atoms with Gasteiger partial charge in [-0.1, -0.05) is 25.5 Å². The van der Waals surface area contributed by atoms with Crippen molar-refractivity contribution in [3.05, 3.63) is 35.4 Å². The molecule has 1 aromatic carbocycles. The first-order chi connectivity index (χ1) is 9.85. The molecule has 0 saturated carbocycles. The first-order valence-electron chi connectivity index (χ1n) is 7.20. The minimum absolute atomic E-state index is 0.0797. The van der Waals surface area contributed by atoms with Crippen LogP contribution in [0.1, 0.15) is 25.0 Å². The highest BCUT2D eigenvalue weighted by Gasteiger charge is 2.45. The van der Waals surface area contributed by atoms with E-state index in [9.17, 15) is 9.90 Å². The molecule has 1 aliphatic heterocycles. The Morgan fingerprint density at radius 2 is 2.10 bits per heavy atom. The van der Waals surface area contributed by atoms with Crippen molar-refractivity contribution in [1.82, 2.24) is 4.90 Å². The quantitative estimate of drug-likeness (QED) is 0.865. The lowest BCUT2D eigenvalue weighted by atomic mass is 9.83. The van der Waals surface area contributed by atoms with Gasteiger partial charge < -0.3 is 14.7 Å². The van der Waals surface area contributed by atoms with E-state index in [0.717, 1.165) is 16.9 Å². The molecule has 2 rings (SSSR count). The summed E-state index contributed by atoms with van der Waals surface area (Å²) >= 11 is 0. The zero-order valence-electron chi connectivity index (χ0n) is 13.1. The van der Waals surface area contributed by atoms with Crippen LogP contribution in [0.2, 0.25) is 0 Å². The van der Waals surface area contributed by atoms with Gasteiger partial charge in [0.1, 0.15) is 11.4 Å². The Morgan fingerprint density at radius 1 is 1.43 bits per heavy atom. The molecule has 1 N–H and O–H groups in total. The molecule has 1 aromatic rings. The summed E-state index contributed by atoms with van der Waals surface area (Å²) in [4.78, 5) is 13.7. The maximum Gasteiger partial charge on any atom is 0.246 e. The number of aryl methyl sites for hydroxylation is 1. The number of hydrogen-bond acceptors (Lipinski definition) is 3. The van der Waals surface area contributed by atoms with Crippen LogP contribution >= 0.6 is 0 Å².